The molecule has 2 N–H and O–H groups in total. The highest BCUT2D eigenvalue weighted by Crippen LogP contribution is 2.25. The Morgan fingerprint density at radius 1 is 1.38 bits per heavy atom. The lowest BCUT2D eigenvalue weighted by Gasteiger charge is -2.16. The molecular weight excluding hydrogens is 204 g/mol. The van der Waals surface area contributed by atoms with Gasteiger partial charge in [0, 0.05) is 12.2 Å². The summed E-state index contributed by atoms with van der Waals surface area (Å²) >= 11 is 0. The van der Waals surface area contributed by atoms with Gasteiger partial charge in [-0.2, -0.15) is 0 Å². The summed E-state index contributed by atoms with van der Waals surface area (Å²) in [6.45, 7) is 2.55. The van der Waals surface area contributed by atoms with Gasteiger partial charge < -0.3 is 10.6 Å². The van der Waals surface area contributed by atoms with E-state index < -0.39 is 11.8 Å². The number of carbonyl (C=O) groups excluding carboxylic acids is 2. The van der Waals surface area contributed by atoms with Gasteiger partial charge in [-0.15, -0.1) is 0 Å². The van der Waals surface area contributed by atoms with Gasteiger partial charge in [-0.25, -0.2) is 0 Å². The van der Waals surface area contributed by atoms with Crippen molar-refractivity contribution in [1.82, 2.24) is 0 Å². The Morgan fingerprint density at radius 2 is 2.00 bits per heavy atom. The van der Waals surface area contributed by atoms with Crippen molar-refractivity contribution in [2.45, 2.75) is 13.3 Å². The van der Waals surface area contributed by atoms with E-state index >= 15 is 0 Å². The summed E-state index contributed by atoms with van der Waals surface area (Å²) in [7, 11) is 0. The summed E-state index contributed by atoms with van der Waals surface area (Å²) in [5.74, 6) is -1.36. The Bertz CT molecular complexity index is 425. The second kappa shape index (κ2) is 3.96. The number of hydrogen-bond acceptors (Lipinski definition) is 2. The van der Waals surface area contributed by atoms with E-state index in [1.807, 2.05) is 31.2 Å². The third-order valence-corrected chi connectivity index (χ3v) is 2.89. The lowest BCUT2D eigenvalue weighted by molar-refractivity contribution is -0.130. The molecule has 1 aliphatic rings. The van der Waals surface area contributed by atoms with Gasteiger partial charge in [0.1, 0.15) is 5.92 Å². The van der Waals surface area contributed by atoms with Crippen LogP contribution in [0.25, 0.3) is 0 Å². The summed E-state index contributed by atoms with van der Waals surface area (Å²) in [5, 5.41) is 0. The summed E-state index contributed by atoms with van der Waals surface area (Å²) in [5.41, 5.74) is 7.14. The molecule has 1 unspecified atom stereocenters. The SMILES string of the molecule is Cc1ccc(N2CCC(C(N)=O)C2=O)cc1. The van der Waals surface area contributed by atoms with Crippen molar-refractivity contribution in [3.05, 3.63) is 29.8 Å². The molecule has 2 rings (SSSR count). The van der Waals surface area contributed by atoms with Gasteiger partial charge in [0.25, 0.3) is 0 Å². The number of hydrogen-bond donors (Lipinski definition) is 1. The predicted molar refractivity (Wildman–Crippen MR) is 60.8 cm³/mol. The van der Waals surface area contributed by atoms with Crippen LogP contribution in [0.2, 0.25) is 0 Å². The maximum Gasteiger partial charge on any atom is 0.239 e. The Kier molecular flexibility index (Phi) is 2.64. The molecule has 84 valence electrons. The fourth-order valence-electron chi connectivity index (χ4n) is 1.92. The van der Waals surface area contributed by atoms with Crippen LogP contribution in [-0.2, 0) is 9.59 Å². The molecule has 4 nitrogen and oxygen atoms in total. The molecule has 1 aliphatic heterocycles. The van der Waals surface area contributed by atoms with Crippen LogP contribution in [0.4, 0.5) is 5.69 Å². The van der Waals surface area contributed by atoms with Crippen molar-refractivity contribution in [1.29, 1.82) is 0 Å². The van der Waals surface area contributed by atoms with Crippen LogP contribution in [0.5, 0.6) is 0 Å². The van der Waals surface area contributed by atoms with Gasteiger partial charge in [-0.05, 0) is 25.5 Å². The molecule has 1 fully saturated rings. The number of nitrogens with zero attached hydrogens (tertiary/aromatic N) is 1. The highest BCUT2D eigenvalue weighted by Gasteiger charge is 2.36. The molecule has 1 heterocycles. The molecule has 0 aliphatic carbocycles. The van der Waals surface area contributed by atoms with E-state index in [9.17, 15) is 9.59 Å². The van der Waals surface area contributed by atoms with E-state index in [1.165, 1.54) is 0 Å². The third kappa shape index (κ3) is 1.78. The number of anilines is 1. The molecule has 1 atom stereocenters. The van der Waals surface area contributed by atoms with Gasteiger partial charge in [0.05, 0.1) is 0 Å². The second-order valence-corrected chi connectivity index (χ2v) is 4.07. The molecule has 0 spiro atoms. The topological polar surface area (TPSA) is 63.4 Å². The number of aryl methyl sites for hydroxylation is 1. The highest BCUT2D eigenvalue weighted by atomic mass is 16.2. The van der Waals surface area contributed by atoms with Crippen molar-refractivity contribution >= 4 is 17.5 Å². The quantitative estimate of drug-likeness (QED) is 0.747. The number of carbonyl (C=O) groups is 2. The van der Waals surface area contributed by atoms with Crippen molar-refractivity contribution in [2.75, 3.05) is 11.4 Å². The van der Waals surface area contributed by atoms with Gasteiger partial charge in [0.2, 0.25) is 11.8 Å². The molecule has 0 bridgehead atoms. The first-order valence-corrected chi connectivity index (χ1v) is 5.27. The number of benzene rings is 1. The summed E-state index contributed by atoms with van der Waals surface area (Å²) < 4.78 is 0. The molecule has 0 aromatic heterocycles. The summed E-state index contributed by atoms with van der Waals surface area (Å²) in [6, 6.07) is 7.66. The van der Waals surface area contributed by atoms with Crippen LogP contribution in [0.1, 0.15) is 12.0 Å². The van der Waals surface area contributed by atoms with Crippen LogP contribution in [0.15, 0.2) is 24.3 Å². The van der Waals surface area contributed by atoms with Crippen molar-refractivity contribution in [2.24, 2.45) is 11.7 Å². The first-order valence-electron chi connectivity index (χ1n) is 5.27. The van der Waals surface area contributed by atoms with E-state index in [4.69, 9.17) is 5.73 Å². The standard InChI is InChI=1S/C12H14N2O2/c1-8-2-4-9(5-3-8)14-7-6-10(11(13)15)12(14)16/h2-5,10H,6-7H2,1H3,(H2,13,15). The first-order chi connectivity index (χ1) is 7.59. The fraction of sp³-hybridized carbons (Fsp3) is 0.333. The van der Waals surface area contributed by atoms with Gasteiger partial charge in [-0.1, -0.05) is 17.7 Å². The molecule has 16 heavy (non-hydrogen) atoms. The van der Waals surface area contributed by atoms with E-state index in [0.717, 1.165) is 11.3 Å². The van der Waals surface area contributed by atoms with Crippen molar-refractivity contribution < 1.29 is 9.59 Å². The maximum absolute atomic E-state index is 11.9. The number of nitrogens with two attached hydrogens (primary N) is 1. The van der Waals surface area contributed by atoms with E-state index in [-0.39, 0.29) is 5.91 Å². The Labute approximate surface area is 94.0 Å². The third-order valence-electron chi connectivity index (χ3n) is 2.89. The van der Waals surface area contributed by atoms with Gasteiger partial charge in [0.15, 0.2) is 0 Å². The lowest BCUT2D eigenvalue weighted by atomic mass is 10.1. The fourth-order valence-corrected chi connectivity index (χ4v) is 1.92. The zero-order chi connectivity index (χ0) is 11.7. The lowest BCUT2D eigenvalue weighted by Crippen LogP contribution is -2.33. The van der Waals surface area contributed by atoms with Crippen LogP contribution in [-0.4, -0.2) is 18.4 Å². The maximum atomic E-state index is 11.9. The summed E-state index contributed by atoms with van der Waals surface area (Å²) in [4.78, 5) is 24.5. The average Bonchev–Trinajstić information content (AvgIpc) is 2.61. The average molecular weight is 218 g/mol. The molecule has 1 saturated heterocycles. The van der Waals surface area contributed by atoms with Gasteiger partial charge in [-0.3, -0.25) is 9.59 Å². The predicted octanol–water partition coefficient (Wildman–Crippen LogP) is 0.833. The van der Waals surface area contributed by atoms with Crippen LogP contribution in [0.3, 0.4) is 0 Å². The van der Waals surface area contributed by atoms with Crippen LogP contribution >= 0.6 is 0 Å². The minimum absolute atomic E-state index is 0.184. The number of rotatable bonds is 2. The van der Waals surface area contributed by atoms with Crippen molar-refractivity contribution in [3.63, 3.8) is 0 Å². The zero-order valence-corrected chi connectivity index (χ0v) is 9.14. The Balaban J connectivity index is 2.21. The monoisotopic (exact) mass is 218 g/mol. The van der Waals surface area contributed by atoms with Crippen molar-refractivity contribution in [3.8, 4) is 0 Å². The minimum Gasteiger partial charge on any atom is -0.369 e. The van der Waals surface area contributed by atoms with Crippen LogP contribution in [0, 0.1) is 12.8 Å². The Morgan fingerprint density at radius 3 is 2.50 bits per heavy atom. The summed E-state index contributed by atoms with van der Waals surface area (Å²) in [6.07, 6.45) is 0.516. The van der Waals surface area contributed by atoms with E-state index in [0.29, 0.717) is 13.0 Å². The molecule has 1 aromatic rings. The number of amides is 2. The first kappa shape index (κ1) is 10.7. The Hall–Kier alpha value is -1.84. The molecule has 1 aromatic carbocycles. The molecule has 0 saturated carbocycles. The van der Waals surface area contributed by atoms with E-state index in [1.54, 1.807) is 4.90 Å². The number of primary amides is 1. The van der Waals surface area contributed by atoms with Crippen LogP contribution < -0.4 is 10.6 Å². The molecular formula is C12H14N2O2. The zero-order valence-electron chi connectivity index (χ0n) is 9.14. The van der Waals surface area contributed by atoms with Gasteiger partial charge >= 0.3 is 0 Å². The largest absolute Gasteiger partial charge is 0.369 e. The highest BCUT2D eigenvalue weighted by molar-refractivity contribution is 6.09. The molecule has 2 amide bonds. The molecule has 4 heteroatoms. The van der Waals surface area contributed by atoms with E-state index in [2.05, 4.69) is 0 Å². The molecule has 0 radical (unpaired) electrons. The minimum atomic E-state index is -0.652. The second-order valence-electron chi connectivity index (χ2n) is 4.07. The smallest absolute Gasteiger partial charge is 0.239 e. The normalized spacial score (nSPS) is 20.2.